The summed E-state index contributed by atoms with van der Waals surface area (Å²) in [6.07, 6.45) is 2.36. The van der Waals surface area contributed by atoms with Gasteiger partial charge in [-0.3, -0.25) is 0 Å². The topological polar surface area (TPSA) is 21.3 Å². The molecule has 0 radical (unpaired) electrons. The van der Waals surface area contributed by atoms with Gasteiger partial charge in [-0.25, -0.2) is 0 Å². The quantitative estimate of drug-likeness (QED) is 0.671. The Morgan fingerprint density at radius 3 is 2.73 bits per heavy atom. The van der Waals surface area contributed by atoms with Gasteiger partial charge in [0.15, 0.2) is 0 Å². The van der Waals surface area contributed by atoms with E-state index >= 15 is 0 Å². The Bertz CT molecular complexity index is 123. The molecule has 1 aliphatic heterocycles. The van der Waals surface area contributed by atoms with Crippen LogP contribution in [0.4, 0.5) is 0 Å². The number of ether oxygens (including phenoxy) is 1. The first-order valence-corrected chi connectivity index (χ1v) is 4.54. The summed E-state index contributed by atoms with van der Waals surface area (Å²) in [4.78, 5) is 0. The maximum absolute atomic E-state index is 5.59. The molecule has 1 rings (SSSR count). The zero-order valence-electron chi connectivity index (χ0n) is 7.81. The van der Waals surface area contributed by atoms with E-state index in [0.29, 0.717) is 6.04 Å². The summed E-state index contributed by atoms with van der Waals surface area (Å²) in [5.41, 5.74) is 0.0508. The molecule has 11 heavy (non-hydrogen) atoms. The summed E-state index contributed by atoms with van der Waals surface area (Å²) in [6, 6.07) is 0.558. The highest BCUT2D eigenvalue weighted by Gasteiger charge is 2.34. The number of nitrogens with one attached hydrogen (secondary N) is 1. The van der Waals surface area contributed by atoms with E-state index in [0.717, 1.165) is 19.6 Å². The van der Waals surface area contributed by atoms with E-state index in [1.807, 2.05) is 0 Å². The second-order valence-electron chi connectivity index (χ2n) is 3.75. The molecular formula is C9H19NO. The Kier molecular flexibility index (Phi) is 2.90. The monoisotopic (exact) mass is 157 g/mol. The molecule has 0 amide bonds. The molecule has 1 fully saturated rings. The van der Waals surface area contributed by atoms with Gasteiger partial charge in [-0.2, -0.15) is 0 Å². The minimum atomic E-state index is 0.0508. The van der Waals surface area contributed by atoms with Crippen LogP contribution in [0.5, 0.6) is 0 Å². The lowest BCUT2D eigenvalue weighted by molar-refractivity contribution is 0.0218. The van der Waals surface area contributed by atoms with E-state index in [2.05, 4.69) is 26.1 Å². The van der Waals surface area contributed by atoms with Crippen LogP contribution in [-0.4, -0.2) is 24.8 Å². The SMILES string of the molecule is CCCNC1CCOC1(C)C. The Balaban J connectivity index is 2.32. The second-order valence-corrected chi connectivity index (χ2v) is 3.75. The number of hydrogen-bond donors (Lipinski definition) is 1. The fraction of sp³-hybridized carbons (Fsp3) is 1.00. The van der Waals surface area contributed by atoms with Gasteiger partial charge in [0, 0.05) is 12.6 Å². The van der Waals surface area contributed by atoms with Gasteiger partial charge < -0.3 is 10.1 Å². The van der Waals surface area contributed by atoms with Crippen LogP contribution >= 0.6 is 0 Å². The highest BCUT2D eigenvalue weighted by molar-refractivity contribution is 4.89. The third-order valence-electron chi connectivity index (χ3n) is 2.36. The third-order valence-corrected chi connectivity index (χ3v) is 2.36. The molecule has 0 bridgehead atoms. The minimum Gasteiger partial charge on any atom is -0.374 e. The average Bonchev–Trinajstić information content (AvgIpc) is 2.25. The molecule has 1 unspecified atom stereocenters. The van der Waals surface area contributed by atoms with Gasteiger partial charge in [-0.15, -0.1) is 0 Å². The minimum absolute atomic E-state index is 0.0508. The van der Waals surface area contributed by atoms with Crippen LogP contribution in [-0.2, 0) is 4.74 Å². The fourth-order valence-corrected chi connectivity index (χ4v) is 1.55. The molecule has 0 aromatic carbocycles. The van der Waals surface area contributed by atoms with Gasteiger partial charge in [0.05, 0.1) is 5.60 Å². The summed E-state index contributed by atoms with van der Waals surface area (Å²) >= 11 is 0. The van der Waals surface area contributed by atoms with Crippen LogP contribution in [0.2, 0.25) is 0 Å². The molecule has 0 aromatic rings. The lowest BCUT2D eigenvalue weighted by Crippen LogP contribution is -2.43. The zero-order chi connectivity index (χ0) is 8.32. The highest BCUT2D eigenvalue weighted by Crippen LogP contribution is 2.24. The maximum Gasteiger partial charge on any atom is 0.0779 e. The van der Waals surface area contributed by atoms with E-state index in [1.54, 1.807) is 0 Å². The summed E-state index contributed by atoms with van der Waals surface area (Å²) in [7, 11) is 0. The first-order chi connectivity index (χ1) is 5.17. The predicted molar refractivity (Wildman–Crippen MR) is 46.7 cm³/mol. The largest absolute Gasteiger partial charge is 0.374 e. The molecule has 1 aliphatic rings. The standard InChI is InChI=1S/C9H19NO/c1-4-6-10-8-5-7-11-9(8,2)3/h8,10H,4-7H2,1-3H3. The molecule has 66 valence electrons. The van der Waals surface area contributed by atoms with Crippen LogP contribution in [0.15, 0.2) is 0 Å². The van der Waals surface area contributed by atoms with Crippen molar-refractivity contribution in [3.8, 4) is 0 Å². The highest BCUT2D eigenvalue weighted by atomic mass is 16.5. The summed E-state index contributed by atoms with van der Waals surface area (Å²) in [6.45, 7) is 8.53. The molecular weight excluding hydrogens is 138 g/mol. The summed E-state index contributed by atoms with van der Waals surface area (Å²) in [5.74, 6) is 0. The normalized spacial score (nSPS) is 29.2. The van der Waals surface area contributed by atoms with Gasteiger partial charge in [-0.05, 0) is 33.2 Å². The molecule has 1 heterocycles. The van der Waals surface area contributed by atoms with Crippen LogP contribution in [0, 0.1) is 0 Å². The molecule has 1 N–H and O–H groups in total. The summed E-state index contributed by atoms with van der Waals surface area (Å²) < 4.78 is 5.59. The van der Waals surface area contributed by atoms with Crippen molar-refractivity contribution < 1.29 is 4.74 Å². The second kappa shape index (κ2) is 3.55. The molecule has 0 aromatic heterocycles. The first-order valence-electron chi connectivity index (χ1n) is 4.54. The van der Waals surface area contributed by atoms with Crippen LogP contribution in [0.1, 0.15) is 33.6 Å². The van der Waals surface area contributed by atoms with Crippen molar-refractivity contribution in [2.75, 3.05) is 13.2 Å². The summed E-state index contributed by atoms with van der Waals surface area (Å²) in [5, 5.41) is 3.50. The lowest BCUT2D eigenvalue weighted by Gasteiger charge is -2.26. The van der Waals surface area contributed by atoms with Gasteiger partial charge in [0.2, 0.25) is 0 Å². The van der Waals surface area contributed by atoms with Gasteiger partial charge >= 0.3 is 0 Å². The lowest BCUT2D eigenvalue weighted by atomic mass is 9.99. The van der Waals surface area contributed by atoms with E-state index in [1.165, 1.54) is 6.42 Å². The Morgan fingerprint density at radius 2 is 2.27 bits per heavy atom. The van der Waals surface area contributed by atoms with E-state index in [-0.39, 0.29) is 5.60 Å². The molecule has 1 atom stereocenters. The van der Waals surface area contributed by atoms with Crippen molar-refractivity contribution in [1.29, 1.82) is 0 Å². The van der Waals surface area contributed by atoms with Crippen LogP contribution in [0.25, 0.3) is 0 Å². The van der Waals surface area contributed by atoms with Crippen molar-refractivity contribution in [3.05, 3.63) is 0 Å². The van der Waals surface area contributed by atoms with Crippen molar-refractivity contribution in [2.45, 2.75) is 45.3 Å². The molecule has 1 saturated heterocycles. The Morgan fingerprint density at radius 1 is 1.55 bits per heavy atom. The molecule has 2 heteroatoms. The third kappa shape index (κ3) is 2.17. The maximum atomic E-state index is 5.59. The Hall–Kier alpha value is -0.0800. The van der Waals surface area contributed by atoms with Crippen molar-refractivity contribution in [2.24, 2.45) is 0 Å². The van der Waals surface area contributed by atoms with Crippen LogP contribution < -0.4 is 5.32 Å². The number of hydrogen-bond acceptors (Lipinski definition) is 2. The van der Waals surface area contributed by atoms with E-state index in [9.17, 15) is 0 Å². The van der Waals surface area contributed by atoms with E-state index < -0.39 is 0 Å². The van der Waals surface area contributed by atoms with Crippen molar-refractivity contribution in [1.82, 2.24) is 5.32 Å². The predicted octanol–water partition coefficient (Wildman–Crippen LogP) is 1.55. The average molecular weight is 157 g/mol. The van der Waals surface area contributed by atoms with Gasteiger partial charge in [-0.1, -0.05) is 6.92 Å². The van der Waals surface area contributed by atoms with Gasteiger partial charge in [0.1, 0.15) is 0 Å². The number of rotatable bonds is 3. The fourth-order valence-electron chi connectivity index (χ4n) is 1.55. The van der Waals surface area contributed by atoms with E-state index in [4.69, 9.17) is 4.74 Å². The van der Waals surface area contributed by atoms with Crippen molar-refractivity contribution >= 4 is 0 Å². The van der Waals surface area contributed by atoms with Crippen molar-refractivity contribution in [3.63, 3.8) is 0 Å². The first kappa shape index (κ1) is 9.01. The van der Waals surface area contributed by atoms with Gasteiger partial charge in [0.25, 0.3) is 0 Å². The Labute approximate surface area is 69.3 Å². The molecule has 0 saturated carbocycles. The molecule has 0 aliphatic carbocycles. The zero-order valence-corrected chi connectivity index (χ0v) is 7.81. The molecule has 0 spiro atoms. The smallest absolute Gasteiger partial charge is 0.0779 e. The molecule has 2 nitrogen and oxygen atoms in total. The van der Waals surface area contributed by atoms with Crippen LogP contribution in [0.3, 0.4) is 0 Å².